The molecule has 25 heavy (non-hydrogen) atoms. The van der Waals surface area contributed by atoms with Crippen molar-refractivity contribution in [1.82, 2.24) is 15.5 Å². The monoisotopic (exact) mass is 405 g/mol. The summed E-state index contributed by atoms with van der Waals surface area (Å²) in [5.74, 6) is -0.244. The summed E-state index contributed by atoms with van der Waals surface area (Å²) in [4.78, 5) is 16.0. The molecule has 8 heteroatoms. The summed E-state index contributed by atoms with van der Waals surface area (Å²) in [6.07, 6.45) is 0. The lowest BCUT2D eigenvalue weighted by molar-refractivity contribution is -0.123. The summed E-state index contributed by atoms with van der Waals surface area (Å²) in [6, 6.07) is 13.3. The van der Waals surface area contributed by atoms with E-state index in [0.29, 0.717) is 5.82 Å². The number of amides is 1. The van der Waals surface area contributed by atoms with Gasteiger partial charge in [-0.15, -0.1) is 0 Å². The highest BCUT2D eigenvalue weighted by Gasteiger charge is 2.11. The number of aromatic nitrogens is 2. The van der Waals surface area contributed by atoms with E-state index in [9.17, 15) is 9.18 Å². The first-order valence-electron chi connectivity index (χ1n) is 7.34. The van der Waals surface area contributed by atoms with Crippen molar-refractivity contribution in [2.45, 2.75) is 6.54 Å². The first-order valence-corrected chi connectivity index (χ1v) is 8.13. The van der Waals surface area contributed by atoms with Gasteiger partial charge in [-0.1, -0.05) is 45.4 Å². The highest BCUT2D eigenvalue weighted by Crippen LogP contribution is 2.20. The lowest BCUT2D eigenvalue weighted by Gasteiger charge is -2.06. The Morgan fingerprint density at radius 2 is 2.08 bits per heavy atom. The van der Waals surface area contributed by atoms with Gasteiger partial charge in [-0.05, 0) is 24.3 Å². The fraction of sp³-hybridized carbons (Fsp3) is 0.118. The number of ether oxygens (including phenoxy) is 1. The summed E-state index contributed by atoms with van der Waals surface area (Å²) >= 11 is 3.37. The smallest absolute Gasteiger partial charge is 0.258 e. The van der Waals surface area contributed by atoms with Crippen molar-refractivity contribution < 1.29 is 18.4 Å². The van der Waals surface area contributed by atoms with Crippen molar-refractivity contribution >= 4 is 21.8 Å². The van der Waals surface area contributed by atoms with Crippen LogP contribution in [0.1, 0.15) is 5.89 Å². The highest BCUT2D eigenvalue weighted by atomic mass is 79.9. The van der Waals surface area contributed by atoms with Gasteiger partial charge in [0.25, 0.3) is 5.91 Å². The Labute approximate surface area is 151 Å². The fourth-order valence-corrected chi connectivity index (χ4v) is 2.40. The first kappa shape index (κ1) is 17.1. The van der Waals surface area contributed by atoms with E-state index in [0.717, 1.165) is 10.0 Å². The van der Waals surface area contributed by atoms with Gasteiger partial charge < -0.3 is 14.6 Å². The van der Waals surface area contributed by atoms with Crippen molar-refractivity contribution in [3.05, 3.63) is 64.7 Å². The third-order valence-corrected chi connectivity index (χ3v) is 3.68. The Morgan fingerprint density at radius 3 is 2.88 bits per heavy atom. The molecule has 0 saturated carbocycles. The van der Waals surface area contributed by atoms with Crippen LogP contribution in [0, 0.1) is 5.82 Å². The van der Waals surface area contributed by atoms with Crippen LogP contribution in [0.5, 0.6) is 5.75 Å². The number of nitrogens with zero attached hydrogens (tertiary/aromatic N) is 2. The second-order valence-electron chi connectivity index (χ2n) is 5.02. The van der Waals surface area contributed by atoms with E-state index < -0.39 is 11.7 Å². The zero-order valence-electron chi connectivity index (χ0n) is 12.9. The van der Waals surface area contributed by atoms with Gasteiger partial charge in [0.1, 0.15) is 0 Å². The van der Waals surface area contributed by atoms with E-state index in [1.54, 1.807) is 12.1 Å². The molecule has 1 N–H and O–H groups in total. The molecular weight excluding hydrogens is 393 g/mol. The third kappa shape index (κ3) is 4.63. The van der Waals surface area contributed by atoms with E-state index in [1.165, 1.54) is 12.1 Å². The quantitative estimate of drug-likeness (QED) is 0.680. The molecule has 0 bridgehead atoms. The highest BCUT2D eigenvalue weighted by molar-refractivity contribution is 9.10. The number of nitrogens with one attached hydrogen (secondary N) is 1. The molecule has 3 rings (SSSR count). The maximum absolute atomic E-state index is 13.4. The molecule has 0 aliphatic heterocycles. The molecule has 1 aromatic heterocycles. The molecule has 0 unspecified atom stereocenters. The zero-order valence-corrected chi connectivity index (χ0v) is 14.5. The van der Waals surface area contributed by atoms with Gasteiger partial charge >= 0.3 is 0 Å². The van der Waals surface area contributed by atoms with Gasteiger partial charge in [-0.25, -0.2) is 4.39 Å². The van der Waals surface area contributed by atoms with Gasteiger partial charge in [0.2, 0.25) is 11.7 Å². The predicted octanol–water partition coefficient (Wildman–Crippen LogP) is 3.33. The van der Waals surface area contributed by atoms with E-state index in [1.807, 2.05) is 24.3 Å². The standard InChI is InChI=1S/C17H13BrFN3O3/c18-12-5-3-4-11(8-12)17-21-16(25-22-17)9-20-15(23)10-24-14-7-2-1-6-13(14)19/h1-8H,9-10H2,(H,20,23). The van der Waals surface area contributed by atoms with E-state index >= 15 is 0 Å². The molecule has 1 heterocycles. The Bertz CT molecular complexity index is 885. The molecule has 0 fully saturated rings. The molecule has 0 radical (unpaired) electrons. The molecule has 0 aliphatic carbocycles. The summed E-state index contributed by atoms with van der Waals surface area (Å²) in [5, 5.41) is 6.44. The van der Waals surface area contributed by atoms with Crippen LogP contribution in [0.3, 0.4) is 0 Å². The SMILES string of the molecule is O=C(COc1ccccc1F)NCc1nc(-c2cccc(Br)c2)no1. The summed E-state index contributed by atoms with van der Waals surface area (Å²) < 4.78 is 24.5. The number of carbonyl (C=O) groups is 1. The van der Waals surface area contributed by atoms with Gasteiger partial charge in [0.15, 0.2) is 18.2 Å². The number of benzene rings is 2. The summed E-state index contributed by atoms with van der Waals surface area (Å²) in [5.41, 5.74) is 0.790. The van der Waals surface area contributed by atoms with Gasteiger partial charge in [-0.3, -0.25) is 4.79 Å². The largest absolute Gasteiger partial charge is 0.481 e. The first-order chi connectivity index (χ1) is 12.1. The number of hydrogen-bond donors (Lipinski definition) is 1. The van der Waals surface area contributed by atoms with Crippen LogP contribution in [0.4, 0.5) is 4.39 Å². The van der Waals surface area contributed by atoms with Gasteiger partial charge in [0.05, 0.1) is 6.54 Å². The molecule has 0 spiro atoms. The van der Waals surface area contributed by atoms with Crippen LogP contribution in [0.25, 0.3) is 11.4 Å². The maximum atomic E-state index is 13.4. The Kier molecular flexibility index (Phi) is 5.39. The molecule has 0 saturated heterocycles. The minimum atomic E-state index is -0.522. The van der Waals surface area contributed by atoms with Crippen LogP contribution in [-0.4, -0.2) is 22.7 Å². The number of para-hydroxylation sites is 1. The average molecular weight is 406 g/mol. The molecule has 3 aromatic rings. The minimum Gasteiger partial charge on any atom is -0.481 e. The van der Waals surface area contributed by atoms with E-state index in [-0.39, 0.29) is 24.8 Å². The summed E-state index contributed by atoms with van der Waals surface area (Å²) in [6.45, 7) is -0.256. The van der Waals surface area contributed by atoms with Crippen LogP contribution < -0.4 is 10.1 Å². The molecule has 6 nitrogen and oxygen atoms in total. The van der Waals surface area contributed by atoms with E-state index in [4.69, 9.17) is 9.26 Å². The number of hydrogen-bond acceptors (Lipinski definition) is 5. The predicted molar refractivity (Wildman–Crippen MR) is 91.2 cm³/mol. The second-order valence-corrected chi connectivity index (χ2v) is 5.93. The molecule has 128 valence electrons. The summed E-state index contributed by atoms with van der Waals surface area (Å²) in [7, 11) is 0. The average Bonchev–Trinajstić information content (AvgIpc) is 3.08. The van der Waals surface area contributed by atoms with Crippen LogP contribution >= 0.6 is 15.9 Å². The van der Waals surface area contributed by atoms with Crippen molar-refractivity contribution in [2.24, 2.45) is 0 Å². The Morgan fingerprint density at radius 1 is 1.24 bits per heavy atom. The second kappa shape index (κ2) is 7.89. The Hall–Kier alpha value is -2.74. The lowest BCUT2D eigenvalue weighted by Crippen LogP contribution is -2.28. The number of carbonyl (C=O) groups excluding carboxylic acids is 1. The fourth-order valence-electron chi connectivity index (χ4n) is 2.00. The maximum Gasteiger partial charge on any atom is 0.258 e. The molecule has 0 atom stereocenters. The normalized spacial score (nSPS) is 10.5. The minimum absolute atomic E-state index is 0.0207. The zero-order chi connectivity index (χ0) is 17.6. The number of halogens is 2. The van der Waals surface area contributed by atoms with Crippen molar-refractivity contribution in [2.75, 3.05) is 6.61 Å². The molecule has 2 aromatic carbocycles. The van der Waals surface area contributed by atoms with Crippen molar-refractivity contribution in [3.63, 3.8) is 0 Å². The topological polar surface area (TPSA) is 77.2 Å². The molecular formula is C17H13BrFN3O3. The Balaban J connectivity index is 1.52. The lowest BCUT2D eigenvalue weighted by atomic mass is 10.2. The van der Waals surface area contributed by atoms with E-state index in [2.05, 4.69) is 31.4 Å². The van der Waals surface area contributed by atoms with Gasteiger partial charge in [0, 0.05) is 10.0 Å². The molecule has 1 amide bonds. The molecule has 0 aliphatic rings. The van der Waals surface area contributed by atoms with Crippen LogP contribution in [-0.2, 0) is 11.3 Å². The third-order valence-electron chi connectivity index (χ3n) is 3.18. The van der Waals surface area contributed by atoms with Crippen LogP contribution in [0.15, 0.2) is 57.5 Å². The van der Waals surface area contributed by atoms with Crippen LogP contribution in [0.2, 0.25) is 0 Å². The van der Waals surface area contributed by atoms with Crippen molar-refractivity contribution in [3.8, 4) is 17.1 Å². The van der Waals surface area contributed by atoms with Crippen molar-refractivity contribution in [1.29, 1.82) is 0 Å². The number of rotatable bonds is 6. The van der Waals surface area contributed by atoms with Gasteiger partial charge in [-0.2, -0.15) is 4.98 Å².